The molecular formula is C20H20BrF2N3O2Si. The number of aromatic nitrogens is 2. The number of ether oxygens (including phenoxy) is 2. The van der Waals surface area contributed by atoms with Crippen LogP contribution in [-0.4, -0.2) is 24.2 Å². The number of nitriles is 1. The van der Waals surface area contributed by atoms with Gasteiger partial charge in [-0.3, -0.25) is 0 Å². The summed E-state index contributed by atoms with van der Waals surface area (Å²) >= 11 is 3.04. The molecule has 0 bridgehead atoms. The fourth-order valence-electron chi connectivity index (χ4n) is 2.73. The second-order valence-electron chi connectivity index (χ2n) is 7.78. The quantitative estimate of drug-likeness (QED) is 0.305. The lowest BCUT2D eigenvalue weighted by Gasteiger charge is -2.15. The normalized spacial score (nSPS) is 11.6. The van der Waals surface area contributed by atoms with E-state index in [0.29, 0.717) is 17.6 Å². The summed E-state index contributed by atoms with van der Waals surface area (Å²) in [4.78, 5) is 4.30. The summed E-state index contributed by atoms with van der Waals surface area (Å²) in [6, 6.07) is 6.79. The Balaban J connectivity index is 1.93. The predicted molar refractivity (Wildman–Crippen MR) is 113 cm³/mol. The number of nitrogens with zero attached hydrogens (tertiary/aromatic N) is 3. The van der Waals surface area contributed by atoms with Crippen LogP contribution < -0.4 is 4.74 Å². The smallest absolute Gasteiger partial charge is 0.198 e. The molecule has 3 aromatic rings. The molecule has 0 fully saturated rings. The van der Waals surface area contributed by atoms with E-state index in [1.165, 1.54) is 12.3 Å². The largest absolute Gasteiger partial charge is 0.450 e. The van der Waals surface area contributed by atoms with Gasteiger partial charge in [-0.15, -0.1) is 0 Å². The Kier molecular flexibility index (Phi) is 6.36. The molecule has 0 unspecified atom stereocenters. The first-order chi connectivity index (χ1) is 13.7. The number of pyridine rings is 1. The van der Waals surface area contributed by atoms with E-state index in [9.17, 15) is 14.0 Å². The van der Waals surface area contributed by atoms with Crippen molar-refractivity contribution in [2.75, 3.05) is 6.61 Å². The summed E-state index contributed by atoms with van der Waals surface area (Å²) in [6.07, 6.45) is 3.07. The molecule has 152 valence electrons. The van der Waals surface area contributed by atoms with Crippen LogP contribution in [0.15, 0.2) is 35.1 Å². The van der Waals surface area contributed by atoms with Crippen LogP contribution in [0.3, 0.4) is 0 Å². The molecule has 9 heteroatoms. The molecule has 2 heterocycles. The van der Waals surface area contributed by atoms with E-state index < -0.39 is 25.5 Å². The van der Waals surface area contributed by atoms with E-state index in [1.807, 2.05) is 0 Å². The molecule has 0 aliphatic carbocycles. The van der Waals surface area contributed by atoms with Crippen molar-refractivity contribution in [1.82, 2.24) is 9.55 Å². The summed E-state index contributed by atoms with van der Waals surface area (Å²) in [6.45, 7) is 7.63. The molecule has 0 amide bonds. The maximum absolute atomic E-state index is 14.2. The van der Waals surface area contributed by atoms with Crippen molar-refractivity contribution in [3.05, 3.63) is 52.3 Å². The van der Waals surface area contributed by atoms with Crippen molar-refractivity contribution in [1.29, 1.82) is 5.26 Å². The number of hydrogen-bond donors (Lipinski definition) is 0. The van der Waals surface area contributed by atoms with Crippen molar-refractivity contribution in [3.8, 4) is 17.6 Å². The Labute approximate surface area is 177 Å². The molecule has 5 nitrogen and oxygen atoms in total. The van der Waals surface area contributed by atoms with Crippen LogP contribution in [0.2, 0.25) is 25.7 Å². The first kappa shape index (κ1) is 21.4. The van der Waals surface area contributed by atoms with Gasteiger partial charge in [0.05, 0.1) is 10.9 Å². The Bertz CT molecular complexity index is 1070. The van der Waals surface area contributed by atoms with Crippen LogP contribution in [0.4, 0.5) is 8.78 Å². The van der Waals surface area contributed by atoms with Crippen molar-refractivity contribution in [2.24, 2.45) is 0 Å². The van der Waals surface area contributed by atoms with Gasteiger partial charge in [0.25, 0.3) is 0 Å². The molecule has 29 heavy (non-hydrogen) atoms. The van der Waals surface area contributed by atoms with Gasteiger partial charge in [0.1, 0.15) is 24.2 Å². The van der Waals surface area contributed by atoms with Gasteiger partial charge in [-0.2, -0.15) is 5.26 Å². The number of halogens is 3. The van der Waals surface area contributed by atoms with Gasteiger partial charge < -0.3 is 14.0 Å². The number of hydrogen-bond acceptors (Lipinski definition) is 4. The maximum atomic E-state index is 14.2. The van der Waals surface area contributed by atoms with Crippen LogP contribution >= 0.6 is 15.9 Å². The lowest BCUT2D eigenvalue weighted by molar-refractivity contribution is 0.0898. The SMILES string of the molecule is C[Si](C)(C)CCOCn1cc(C#N)c2c(Oc3c(F)cc(Br)cc3F)ccnc21. The minimum atomic E-state index is -1.21. The Hall–Kier alpha value is -2.28. The summed E-state index contributed by atoms with van der Waals surface area (Å²) in [5, 5.41) is 9.91. The molecular weight excluding hydrogens is 460 g/mol. The van der Waals surface area contributed by atoms with Crippen LogP contribution in [0.5, 0.6) is 11.5 Å². The second kappa shape index (κ2) is 8.61. The fourth-order valence-corrected chi connectivity index (χ4v) is 3.89. The Morgan fingerprint density at radius 3 is 2.55 bits per heavy atom. The molecule has 0 saturated heterocycles. The highest BCUT2D eigenvalue weighted by Gasteiger charge is 2.19. The second-order valence-corrected chi connectivity index (χ2v) is 14.3. The third-order valence-corrected chi connectivity index (χ3v) is 6.40. The van der Waals surface area contributed by atoms with Gasteiger partial charge in [0.2, 0.25) is 0 Å². The first-order valence-corrected chi connectivity index (χ1v) is 13.5. The van der Waals surface area contributed by atoms with Crippen molar-refractivity contribution < 1.29 is 18.3 Å². The van der Waals surface area contributed by atoms with Gasteiger partial charge in [-0.05, 0) is 24.2 Å². The molecule has 0 N–H and O–H groups in total. The molecule has 0 radical (unpaired) electrons. The minimum absolute atomic E-state index is 0.146. The van der Waals surface area contributed by atoms with Gasteiger partial charge in [0, 0.05) is 31.5 Å². The average Bonchev–Trinajstić information content (AvgIpc) is 3.00. The third-order valence-electron chi connectivity index (χ3n) is 4.24. The van der Waals surface area contributed by atoms with Crippen LogP contribution in [0, 0.1) is 23.0 Å². The van der Waals surface area contributed by atoms with E-state index in [1.54, 1.807) is 10.8 Å². The monoisotopic (exact) mass is 479 g/mol. The first-order valence-electron chi connectivity index (χ1n) is 8.97. The zero-order valence-corrected chi connectivity index (χ0v) is 18.9. The summed E-state index contributed by atoms with van der Waals surface area (Å²) < 4.78 is 41.6. The lowest BCUT2D eigenvalue weighted by Crippen LogP contribution is -2.22. The summed E-state index contributed by atoms with van der Waals surface area (Å²) in [7, 11) is -1.21. The van der Waals surface area contributed by atoms with Crippen LogP contribution in [0.1, 0.15) is 5.56 Å². The van der Waals surface area contributed by atoms with Crippen LogP contribution in [0.25, 0.3) is 11.0 Å². The Morgan fingerprint density at radius 1 is 1.24 bits per heavy atom. The van der Waals surface area contributed by atoms with E-state index in [-0.39, 0.29) is 22.5 Å². The average molecular weight is 480 g/mol. The topological polar surface area (TPSA) is 60.1 Å². The number of rotatable bonds is 7. The predicted octanol–water partition coefficient (Wildman–Crippen LogP) is 6.05. The molecule has 0 atom stereocenters. The van der Waals surface area contributed by atoms with E-state index in [4.69, 9.17) is 9.47 Å². The van der Waals surface area contributed by atoms with Crippen molar-refractivity contribution in [3.63, 3.8) is 0 Å². The van der Waals surface area contributed by atoms with Gasteiger partial charge in [-0.1, -0.05) is 35.6 Å². The lowest BCUT2D eigenvalue weighted by atomic mass is 10.2. The standard InChI is InChI=1S/C20H20BrF2N3O2Si/c1-29(2,3)7-6-27-12-26-11-13(10-24)18-17(4-5-25-20(18)26)28-19-15(22)8-14(21)9-16(19)23/h4-5,8-9,11H,6-7,12H2,1-3H3. The van der Waals surface area contributed by atoms with E-state index in [0.717, 1.165) is 18.2 Å². The number of benzene rings is 1. The molecule has 0 spiro atoms. The number of fused-ring (bicyclic) bond motifs is 1. The Morgan fingerprint density at radius 2 is 1.93 bits per heavy atom. The summed E-state index contributed by atoms with van der Waals surface area (Å²) in [5.74, 6) is -2.10. The maximum Gasteiger partial charge on any atom is 0.198 e. The highest BCUT2D eigenvalue weighted by molar-refractivity contribution is 9.10. The molecule has 1 aromatic carbocycles. The van der Waals surface area contributed by atoms with Gasteiger partial charge >= 0.3 is 0 Å². The third kappa shape index (κ3) is 5.01. The minimum Gasteiger partial charge on any atom is -0.450 e. The molecule has 2 aromatic heterocycles. The molecule has 0 aliphatic rings. The van der Waals surface area contributed by atoms with Crippen molar-refractivity contribution in [2.45, 2.75) is 32.4 Å². The van der Waals surface area contributed by atoms with E-state index >= 15 is 0 Å². The fraction of sp³-hybridized carbons (Fsp3) is 0.300. The zero-order valence-electron chi connectivity index (χ0n) is 16.3. The summed E-state index contributed by atoms with van der Waals surface area (Å²) in [5.41, 5.74) is 0.736. The van der Waals surface area contributed by atoms with Crippen molar-refractivity contribution >= 4 is 35.0 Å². The molecule has 0 aliphatic heterocycles. The zero-order chi connectivity index (χ0) is 21.2. The highest BCUT2D eigenvalue weighted by Crippen LogP contribution is 2.35. The van der Waals surface area contributed by atoms with Crippen LogP contribution in [-0.2, 0) is 11.5 Å². The van der Waals surface area contributed by atoms with Gasteiger partial charge in [-0.25, -0.2) is 13.8 Å². The highest BCUT2D eigenvalue weighted by atomic mass is 79.9. The molecule has 3 rings (SSSR count). The van der Waals surface area contributed by atoms with E-state index in [2.05, 4.69) is 46.6 Å². The molecule has 0 saturated carbocycles. The van der Waals surface area contributed by atoms with Gasteiger partial charge in [0.15, 0.2) is 17.4 Å².